The molecule has 1 heterocycles. The molecule has 2 aromatic rings. The Morgan fingerprint density at radius 1 is 1.17 bits per heavy atom. The van der Waals surface area contributed by atoms with E-state index in [1.807, 2.05) is 44.2 Å². The molecular formula is C14H13BrN2O. The van der Waals surface area contributed by atoms with E-state index in [2.05, 4.69) is 26.2 Å². The molecule has 0 bridgehead atoms. The summed E-state index contributed by atoms with van der Waals surface area (Å²) in [5.74, 6) is -0.204. The number of benzene rings is 1. The lowest BCUT2D eigenvalue weighted by Crippen LogP contribution is -2.14. The van der Waals surface area contributed by atoms with E-state index in [9.17, 15) is 4.79 Å². The van der Waals surface area contributed by atoms with Crippen LogP contribution in [0.3, 0.4) is 0 Å². The van der Waals surface area contributed by atoms with E-state index in [0.717, 1.165) is 21.4 Å². The van der Waals surface area contributed by atoms with Crippen molar-refractivity contribution >= 4 is 27.5 Å². The van der Waals surface area contributed by atoms with E-state index in [-0.39, 0.29) is 5.91 Å². The minimum absolute atomic E-state index is 0.204. The molecular weight excluding hydrogens is 292 g/mol. The van der Waals surface area contributed by atoms with Gasteiger partial charge >= 0.3 is 0 Å². The summed E-state index contributed by atoms with van der Waals surface area (Å²) in [6.07, 6.45) is 0. The van der Waals surface area contributed by atoms with Gasteiger partial charge in [0.1, 0.15) is 5.69 Å². The molecule has 1 aromatic carbocycles. The topological polar surface area (TPSA) is 42.0 Å². The number of carbonyl (C=O) groups is 1. The van der Waals surface area contributed by atoms with Crippen molar-refractivity contribution in [2.45, 2.75) is 13.8 Å². The van der Waals surface area contributed by atoms with Gasteiger partial charge in [-0.25, -0.2) is 4.98 Å². The quantitative estimate of drug-likeness (QED) is 0.919. The number of nitrogens with one attached hydrogen (secondary N) is 1. The van der Waals surface area contributed by atoms with E-state index in [1.165, 1.54) is 0 Å². The number of aryl methyl sites for hydroxylation is 2. The first kappa shape index (κ1) is 12.8. The van der Waals surface area contributed by atoms with Gasteiger partial charge in [0, 0.05) is 10.2 Å². The smallest absolute Gasteiger partial charge is 0.274 e. The maximum atomic E-state index is 12.0. The zero-order chi connectivity index (χ0) is 13.1. The number of hydrogen-bond acceptors (Lipinski definition) is 2. The molecule has 0 atom stereocenters. The van der Waals surface area contributed by atoms with Crippen molar-refractivity contribution in [2.75, 3.05) is 5.32 Å². The van der Waals surface area contributed by atoms with Crippen LogP contribution in [0.15, 0.2) is 40.9 Å². The van der Waals surface area contributed by atoms with Crippen molar-refractivity contribution in [1.82, 2.24) is 4.98 Å². The third kappa shape index (κ3) is 2.76. The molecule has 3 nitrogen and oxygen atoms in total. The summed E-state index contributed by atoms with van der Waals surface area (Å²) in [4.78, 5) is 16.2. The van der Waals surface area contributed by atoms with Crippen molar-refractivity contribution < 1.29 is 4.79 Å². The van der Waals surface area contributed by atoms with Gasteiger partial charge in [0.05, 0.1) is 5.69 Å². The van der Waals surface area contributed by atoms with Crippen molar-refractivity contribution in [3.8, 4) is 0 Å². The number of anilines is 1. The van der Waals surface area contributed by atoms with E-state index in [1.54, 1.807) is 6.07 Å². The van der Waals surface area contributed by atoms with Crippen LogP contribution in [0.25, 0.3) is 0 Å². The number of rotatable bonds is 2. The molecule has 0 aliphatic rings. The highest BCUT2D eigenvalue weighted by molar-refractivity contribution is 9.10. The SMILES string of the molecule is Cc1cccc(C(=O)Nc2cccc(C)c2Br)n1. The maximum absolute atomic E-state index is 12.0. The summed E-state index contributed by atoms with van der Waals surface area (Å²) in [7, 11) is 0. The summed E-state index contributed by atoms with van der Waals surface area (Å²) in [6.45, 7) is 3.84. The molecule has 2 rings (SSSR count). The van der Waals surface area contributed by atoms with E-state index < -0.39 is 0 Å². The molecule has 0 aliphatic carbocycles. The van der Waals surface area contributed by atoms with Crippen molar-refractivity contribution in [3.63, 3.8) is 0 Å². The second kappa shape index (κ2) is 5.31. The van der Waals surface area contributed by atoms with Crippen LogP contribution in [0.5, 0.6) is 0 Å². The van der Waals surface area contributed by atoms with Crippen LogP contribution in [0.4, 0.5) is 5.69 Å². The Kier molecular flexibility index (Phi) is 3.77. The van der Waals surface area contributed by atoms with Crippen LogP contribution in [-0.2, 0) is 0 Å². The van der Waals surface area contributed by atoms with Gasteiger partial charge in [-0.15, -0.1) is 0 Å². The minimum Gasteiger partial charge on any atom is -0.320 e. The van der Waals surface area contributed by atoms with Crippen LogP contribution >= 0.6 is 15.9 Å². The van der Waals surface area contributed by atoms with Crippen molar-refractivity contribution in [2.24, 2.45) is 0 Å². The molecule has 1 N–H and O–H groups in total. The molecule has 0 saturated carbocycles. The van der Waals surface area contributed by atoms with Crippen LogP contribution in [0.2, 0.25) is 0 Å². The van der Waals surface area contributed by atoms with Gasteiger partial charge in [0.2, 0.25) is 0 Å². The first-order valence-corrected chi connectivity index (χ1v) is 6.37. The lowest BCUT2D eigenvalue weighted by molar-refractivity contribution is 0.102. The van der Waals surface area contributed by atoms with E-state index in [0.29, 0.717) is 5.69 Å². The number of aromatic nitrogens is 1. The highest BCUT2D eigenvalue weighted by Crippen LogP contribution is 2.25. The number of carbonyl (C=O) groups excluding carboxylic acids is 1. The molecule has 0 unspecified atom stereocenters. The van der Waals surface area contributed by atoms with Crippen molar-refractivity contribution in [1.29, 1.82) is 0 Å². The number of amides is 1. The van der Waals surface area contributed by atoms with Crippen LogP contribution < -0.4 is 5.32 Å². The molecule has 4 heteroatoms. The van der Waals surface area contributed by atoms with Gasteiger partial charge in [-0.3, -0.25) is 4.79 Å². The molecule has 0 spiro atoms. The Bertz CT molecular complexity index is 596. The fraction of sp³-hybridized carbons (Fsp3) is 0.143. The molecule has 1 aromatic heterocycles. The average molecular weight is 305 g/mol. The fourth-order valence-corrected chi connectivity index (χ4v) is 1.96. The number of hydrogen-bond donors (Lipinski definition) is 1. The van der Waals surface area contributed by atoms with Gasteiger partial charge < -0.3 is 5.32 Å². The molecule has 0 aliphatic heterocycles. The minimum atomic E-state index is -0.204. The van der Waals surface area contributed by atoms with Gasteiger partial charge in [-0.2, -0.15) is 0 Å². The Morgan fingerprint density at radius 3 is 2.61 bits per heavy atom. The highest BCUT2D eigenvalue weighted by atomic mass is 79.9. The van der Waals surface area contributed by atoms with Gasteiger partial charge in [0.15, 0.2) is 0 Å². The Labute approximate surface area is 114 Å². The molecule has 18 heavy (non-hydrogen) atoms. The Hall–Kier alpha value is -1.68. The van der Waals surface area contributed by atoms with Crippen LogP contribution in [0, 0.1) is 13.8 Å². The summed E-state index contributed by atoms with van der Waals surface area (Å²) >= 11 is 3.46. The maximum Gasteiger partial charge on any atom is 0.274 e. The van der Waals surface area contributed by atoms with Crippen molar-refractivity contribution in [3.05, 3.63) is 57.8 Å². The second-order valence-electron chi connectivity index (χ2n) is 4.05. The van der Waals surface area contributed by atoms with Crippen LogP contribution in [-0.4, -0.2) is 10.9 Å². The monoisotopic (exact) mass is 304 g/mol. The van der Waals surface area contributed by atoms with Gasteiger partial charge in [-0.1, -0.05) is 18.2 Å². The number of halogens is 1. The zero-order valence-corrected chi connectivity index (χ0v) is 11.8. The van der Waals surface area contributed by atoms with Crippen LogP contribution in [0.1, 0.15) is 21.7 Å². The molecule has 92 valence electrons. The summed E-state index contributed by atoms with van der Waals surface area (Å²) in [5, 5.41) is 2.85. The first-order chi connectivity index (χ1) is 8.58. The first-order valence-electron chi connectivity index (χ1n) is 5.58. The summed E-state index contributed by atoms with van der Waals surface area (Å²) < 4.78 is 0.894. The number of pyridine rings is 1. The predicted molar refractivity (Wildman–Crippen MR) is 75.8 cm³/mol. The van der Waals surface area contributed by atoms with Gasteiger partial charge in [-0.05, 0) is 53.5 Å². The molecule has 0 fully saturated rings. The normalized spacial score (nSPS) is 10.2. The lowest BCUT2D eigenvalue weighted by Gasteiger charge is -2.08. The standard InChI is InChI=1S/C14H13BrN2O/c1-9-5-3-7-11(13(9)15)17-14(18)12-8-4-6-10(2)16-12/h3-8H,1-2H3,(H,17,18). The summed E-state index contributed by atoms with van der Waals surface area (Å²) in [6, 6.07) is 11.1. The Balaban J connectivity index is 2.24. The third-order valence-corrected chi connectivity index (χ3v) is 3.61. The van der Waals surface area contributed by atoms with E-state index >= 15 is 0 Å². The van der Waals surface area contributed by atoms with E-state index in [4.69, 9.17) is 0 Å². The molecule has 0 saturated heterocycles. The van der Waals surface area contributed by atoms with Gasteiger partial charge in [0.25, 0.3) is 5.91 Å². The average Bonchev–Trinajstić information content (AvgIpc) is 2.35. The fourth-order valence-electron chi connectivity index (χ4n) is 1.60. The number of nitrogens with zero attached hydrogens (tertiary/aromatic N) is 1. The lowest BCUT2D eigenvalue weighted by atomic mass is 10.2. The predicted octanol–water partition coefficient (Wildman–Crippen LogP) is 3.71. The largest absolute Gasteiger partial charge is 0.320 e. The zero-order valence-electron chi connectivity index (χ0n) is 10.2. The molecule has 0 radical (unpaired) electrons. The Morgan fingerprint density at radius 2 is 1.89 bits per heavy atom. The highest BCUT2D eigenvalue weighted by Gasteiger charge is 2.10. The summed E-state index contributed by atoms with van der Waals surface area (Å²) in [5.41, 5.74) is 3.07. The third-order valence-electron chi connectivity index (χ3n) is 2.56. The molecule has 1 amide bonds. The second-order valence-corrected chi connectivity index (χ2v) is 4.85.